The van der Waals surface area contributed by atoms with Crippen molar-refractivity contribution in [1.29, 1.82) is 5.26 Å². The third-order valence-electron chi connectivity index (χ3n) is 2.49. The zero-order chi connectivity index (χ0) is 13.1. The summed E-state index contributed by atoms with van der Waals surface area (Å²) in [4.78, 5) is 0. The van der Waals surface area contributed by atoms with E-state index in [2.05, 4.69) is 0 Å². The van der Waals surface area contributed by atoms with Gasteiger partial charge in [0.15, 0.2) is 0 Å². The lowest BCUT2D eigenvalue weighted by Crippen LogP contribution is -1.90. The van der Waals surface area contributed by atoms with E-state index >= 15 is 0 Å². The molecule has 0 spiro atoms. The fourth-order valence-electron chi connectivity index (χ4n) is 1.80. The molecule has 0 unspecified atom stereocenters. The van der Waals surface area contributed by atoms with Gasteiger partial charge in [-0.2, -0.15) is 5.26 Å². The molecule has 0 aromatic heterocycles. The first kappa shape index (κ1) is 12.1. The van der Waals surface area contributed by atoms with E-state index in [1.807, 2.05) is 38.1 Å². The van der Waals surface area contributed by atoms with Crippen LogP contribution in [0.5, 0.6) is 11.5 Å². The summed E-state index contributed by atoms with van der Waals surface area (Å²) in [5, 5.41) is 8.93. The normalized spacial score (nSPS) is 9.89. The fraction of sp³-hybridized carbons (Fsp3) is 0.133. The summed E-state index contributed by atoms with van der Waals surface area (Å²) in [7, 11) is 0. The van der Waals surface area contributed by atoms with Crippen molar-refractivity contribution in [2.24, 2.45) is 0 Å². The zero-order valence-corrected chi connectivity index (χ0v) is 10.2. The molecule has 18 heavy (non-hydrogen) atoms. The molecule has 2 nitrogen and oxygen atoms in total. The predicted octanol–water partition coefficient (Wildman–Crippen LogP) is 4.11. The lowest BCUT2D eigenvalue weighted by atomic mass is 10.1. The number of rotatable bonds is 2. The molecular formula is C15H12FNO. The summed E-state index contributed by atoms with van der Waals surface area (Å²) in [5.41, 5.74) is 2.34. The van der Waals surface area contributed by atoms with Crippen molar-refractivity contribution < 1.29 is 9.13 Å². The average molecular weight is 241 g/mol. The Hall–Kier alpha value is -2.34. The molecule has 2 rings (SSSR count). The van der Waals surface area contributed by atoms with Gasteiger partial charge in [0.1, 0.15) is 23.4 Å². The first-order valence-electron chi connectivity index (χ1n) is 5.54. The second kappa shape index (κ2) is 4.89. The molecule has 0 heterocycles. The van der Waals surface area contributed by atoms with Gasteiger partial charge in [-0.25, -0.2) is 4.39 Å². The number of ether oxygens (including phenoxy) is 1. The van der Waals surface area contributed by atoms with Gasteiger partial charge in [0.25, 0.3) is 0 Å². The minimum absolute atomic E-state index is 0.189. The Kier molecular flexibility index (Phi) is 3.29. The van der Waals surface area contributed by atoms with Crippen LogP contribution in [0.2, 0.25) is 0 Å². The van der Waals surface area contributed by atoms with Crippen LogP contribution in [0.4, 0.5) is 4.39 Å². The van der Waals surface area contributed by atoms with E-state index in [4.69, 9.17) is 10.00 Å². The van der Waals surface area contributed by atoms with Crippen molar-refractivity contribution in [2.45, 2.75) is 13.8 Å². The summed E-state index contributed by atoms with van der Waals surface area (Å²) in [6, 6.07) is 11.6. The molecule has 0 aliphatic carbocycles. The van der Waals surface area contributed by atoms with Crippen molar-refractivity contribution in [1.82, 2.24) is 0 Å². The Bertz CT molecular complexity index is 609. The van der Waals surface area contributed by atoms with E-state index in [1.54, 1.807) is 0 Å². The Morgan fingerprint density at radius 3 is 2.33 bits per heavy atom. The van der Waals surface area contributed by atoms with Crippen molar-refractivity contribution in [3.8, 4) is 17.6 Å². The summed E-state index contributed by atoms with van der Waals surface area (Å²) < 4.78 is 18.6. The quantitative estimate of drug-likeness (QED) is 0.792. The zero-order valence-electron chi connectivity index (χ0n) is 10.2. The largest absolute Gasteiger partial charge is 0.456 e. The van der Waals surface area contributed by atoms with Crippen LogP contribution in [0.3, 0.4) is 0 Å². The van der Waals surface area contributed by atoms with Crippen molar-refractivity contribution >= 4 is 0 Å². The molecule has 0 amide bonds. The molecule has 0 bridgehead atoms. The van der Waals surface area contributed by atoms with E-state index in [0.717, 1.165) is 17.2 Å². The van der Waals surface area contributed by atoms with Crippen LogP contribution in [0, 0.1) is 31.0 Å². The monoisotopic (exact) mass is 241 g/mol. The lowest BCUT2D eigenvalue weighted by molar-refractivity contribution is 0.478. The molecule has 0 radical (unpaired) electrons. The number of hydrogen-bond donors (Lipinski definition) is 0. The van der Waals surface area contributed by atoms with Gasteiger partial charge in [-0.15, -0.1) is 0 Å². The van der Waals surface area contributed by atoms with Crippen molar-refractivity contribution in [3.05, 3.63) is 58.9 Å². The van der Waals surface area contributed by atoms with Crippen LogP contribution in [-0.2, 0) is 0 Å². The Morgan fingerprint density at radius 1 is 1.06 bits per heavy atom. The lowest BCUT2D eigenvalue weighted by Gasteiger charge is -2.09. The van der Waals surface area contributed by atoms with Crippen LogP contribution in [0.1, 0.15) is 16.7 Å². The molecule has 2 aromatic rings. The number of halogens is 1. The third kappa shape index (κ3) is 2.67. The molecule has 0 N–H and O–H groups in total. The van der Waals surface area contributed by atoms with Crippen LogP contribution in [0.15, 0.2) is 36.4 Å². The highest BCUT2D eigenvalue weighted by Gasteiger charge is 2.06. The second-order valence-electron chi connectivity index (χ2n) is 4.18. The van der Waals surface area contributed by atoms with Crippen LogP contribution in [0.25, 0.3) is 0 Å². The highest BCUT2D eigenvalue weighted by atomic mass is 19.1. The molecule has 3 heteroatoms. The van der Waals surface area contributed by atoms with Gasteiger partial charge in [-0.3, -0.25) is 0 Å². The van der Waals surface area contributed by atoms with Gasteiger partial charge in [-0.1, -0.05) is 6.07 Å². The number of hydrogen-bond acceptors (Lipinski definition) is 2. The molecule has 0 atom stereocenters. The average Bonchev–Trinajstić information content (AvgIpc) is 2.30. The van der Waals surface area contributed by atoms with Crippen molar-refractivity contribution in [2.75, 3.05) is 0 Å². The SMILES string of the molecule is Cc1cc(C)cc(Oc2ccc(F)cc2C#N)c1. The van der Waals surface area contributed by atoms with Gasteiger partial charge >= 0.3 is 0 Å². The van der Waals surface area contributed by atoms with Crippen LogP contribution in [-0.4, -0.2) is 0 Å². The van der Waals surface area contributed by atoms with Gasteiger partial charge in [0.05, 0.1) is 5.56 Å². The Balaban J connectivity index is 2.37. The molecule has 0 aliphatic heterocycles. The highest BCUT2D eigenvalue weighted by molar-refractivity contribution is 5.46. The highest BCUT2D eigenvalue weighted by Crippen LogP contribution is 2.27. The molecule has 2 aromatic carbocycles. The van der Waals surface area contributed by atoms with Gasteiger partial charge in [0, 0.05) is 0 Å². The van der Waals surface area contributed by atoms with E-state index in [1.165, 1.54) is 12.1 Å². The molecular weight excluding hydrogens is 229 g/mol. The van der Waals surface area contributed by atoms with E-state index < -0.39 is 5.82 Å². The van der Waals surface area contributed by atoms with Gasteiger partial charge in [-0.05, 0) is 55.3 Å². The first-order chi connectivity index (χ1) is 8.58. The summed E-state index contributed by atoms with van der Waals surface area (Å²) in [6.07, 6.45) is 0. The maximum atomic E-state index is 13.0. The van der Waals surface area contributed by atoms with E-state index in [0.29, 0.717) is 11.5 Å². The summed E-state index contributed by atoms with van der Waals surface area (Å²) in [5.74, 6) is 0.568. The molecule has 0 aliphatic rings. The molecule has 0 fully saturated rings. The van der Waals surface area contributed by atoms with Gasteiger partial charge in [0.2, 0.25) is 0 Å². The smallest absolute Gasteiger partial charge is 0.145 e. The summed E-state index contributed by atoms with van der Waals surface area (Å²) in [6.45, 7) is 3.94. The number of nitriles is 1. The number of aryl methyl sites for hydroxylation is 2. The topological polar surface area (TPSA) is 33.0 Å². The maximum Gasteiger partial charge on any atom is 0.145 e. The first-order valence-corrected chi connectivity index (χ1v) is 5.54. The number of benzene rings is 2. The van der Waals surface area contributed by atoms with E-state index in [-0.39, 0.29) is 5.56 Å². The molecule has 90 valence electrons. The standard InChI is InChI=1S/C15H12FNO/c1-10-5-11(2)7-14(6-10)18-15-4-3-13(16)8-12(15)9-17/h3-8H,1-2H3. The second-order valence-corrected chi connectivity index (χ2v) is 4.18. The minimum Gasteiger partial charge on any atom is -0.456 e. The Labute approximate surface area is 105 Å². The predicted molar refractivity (Wildman–Crippen MR) is 67.1 cm³/mol. The van der Waals surface area contributed by atoms with Gasteiger partial charge < -0.3 is 4.74 Å². The van der Waals surface area contributed by atoms with E-state index in [9.17, 15) is 4.39 Å². The molecule has 0 saturated carbocycles. The third-order valence-corrected chi connectivity index (χ3v) is 2.49. The van der Waals surface area contributed by atoms with Crippen LogP contribution < -0.4 is 4.74 Å². The van der Waals surface area contributed by atoms with Crippen molar-refractivity contribution in [3.63, 3.8) is 0 Å². The van der Waals surface area contributed by atoms with Crippen LogP contribution >= 0.6 is 0 Å². The number of nitrogens with zero attached hydrogens (tertiary/aromatic N) is 1. The molecule has 0 saturated heterocycles. The minimum atomic E-state index is -0.445. The maximum absolute atomic E-state index is 13.0. The fourth-order valence-corrected chi connectivity index (χ4v) is 1.80. The Morgan fingerprint density at radius 2 is 1.72 bits per heavy atom. The summed E-state index contributed by atoms with van der Waals surface area (Å²) >= 11 is 0.